The lowest BCUT2D eigenvalue weighted by Gasteiger charge is -2.05. The van der Waals surface area contributed by atoms with Crippen LogP contribution in [0.5, 0.6) is 0 Å². The number of nitrogens with two attached hydrogens (primary N) is 1. The Bertz CT molecular complexity index is 358. The van der Waals surface area contributed by atoms with Crippen LogP contribution < -0.4 is 5.73 Å². The second-order valence-electron chi connectivity index (χ2n) is 3.00. The van der Waals surface area contributed by atoms with E-state index in [0.29, 0.717) is 11.4 Å². The normalized spacial score (nSPS) is 14.7. The largest absolute Gasteiger partial charge is 0.461 e. The molecule has 3 heteroatoms. The number of hydrogen-bond acceptors (Lipinski definition) is 3. The van der Waals surface area contributed by atoms with Crippen LogP contribution in [-0.4, -0.2) is 6.79 Å². The Labute approximate surface area is 76.8 Å². The van der Waals surface area contributed by atoms with Crippen molar-refractivity contribution in [2.75, 3.05) is 12.5 Å². The Balaban J connectivity index is 2.43. The van der Waals surface area contributed by atoms with E-state index in [-0.39, 0.29) is 6.79 Å². The van der Waals surface area contributed by atoms with Gasteiger partial charge in [-0.05, 0) is 19.1 Å². The predicted molar refractivity (Wildman–Crippen MR) is 50.6 cm³/mol. The smallest absolute Gasteiger partial charge is 0.230 e. The van der Waals surface area contributed by atoms with Crippen LogP contribution in [0.15, 0.2) is 24.5 Å². The summed E-state index contributed by atoms with van der Waals surface area (Å²) < 4.78 is 10.2. The van der Waals surface area contributed by atoms with Crippen molar-refractivity contribution in [2.24, 2.45) is 0 Å². The Morgan fingerprint density at radius 1 is 1.38 bits per heavy atom. The fourth-order valence-electron chi connectivity index (χ4n) is 1.27. The third-order valence-electron chi connectivity index (χ3n) is 1.95. The molecule has 1 aliphatic rings. The van der Waals surface area contributed by atoms with Gasteiger partial charge in [-0.1, -0.05) is 11.6 Å². The first kappa shape index (κ1) is 7.98. The second kappa shape index (κ2) is 3.01. The number of rotatable bonds is 1. The van der Waals surface area contributed by atoms with Crippen LogP contribution >= 0.6 is 0 Å². The van der Waals surface area contributed by atoms with Crippen LogP contribution in [0, 0.1) is 6.92 Å². The maximum absolute atomic E-state index is 5.79. The van der Waals surface area contributed by atoms with E-state index in [1.165, 1.54) is 0 Å². The predicted octanol–water partition coefficient (Wildman–Crippen LogP) is 1.88. The number of hydrogen-bond donors (Lipinski definition) is 1. The molecule has 68 valence electrons. The lowest BCUT2D eigenvalue weighted by Crippen LogP contribution is -1.95. The molecular formula is C10H11NO2. The molecule has 1 heterocycles. The highest BCUT2D eigenvalue weighted by Gasteiger charge is 2.12. The minimum Gasteiger partial charge on any atom is -0.461 e. The van der Waals surface area contributed by atoms with Gasteiger partial charge in [-0.3, -0.25) is 0 Å². The fourth-order valence-corrected chi connectivity index (χ4v) is 1.27. The second-order valence-corrected chi connectivity index (χ2v) is 3.00. The molecule has 0 saturated heterocycles. The summed E-state index contributed by atoms with van der Waals surface area (Å²) in [5.74, 6) is 0.709. The van der Waals surface area contributed by atoms with Gasteiger partial charge in [0.1, 0.15) is 6.26 Å². The van der Waals surface area contributed by atoms with Crippen molar-refractivity contribution in [1.29, 1.82) is 0 Å². The molecule has 1 aliphatic heterocycles. The molecule has 2 N–H and O–H groups in total. The first-order chi connectivity index (χ1) is 6.27. The van der Waals surface area contributed by atoms with Crippen LogP contribution in [0.3, 0.4) is 0 Å². The van der Waals surface area contributed by atoms with Gasteiger partial charge in [0.25, 0.3) is 0 Å². The number of ether oxygens (including phenoxy) is 2. The number of nitrogen functional groups attached to an aromatic ring is 1. The molecule has 13 heavy (non-hydrogen) atoms. The summed E-state index contributed by atoms with van der Waals surface area (Å²) in [7, 11) is 0. The molecule has 2 rings (SSSR count). The molecule has 1 aromatic carbocycles. The van der Waals surface area contributed by atoms with Crippen molar-refractivity contribution >= 4 is 11.4 Å². The first-order valence-corrected chi connectivity index (χ1v) is 4.08. The maximum atomic E-state index is 5.79. The van der Waals surface area contributed by atoms with Gasteiger partial charge in [-0.15, -0.1) is 0 Å². The van der Waals surface area contributed by atoms with Gasteiger partial charge in [0.15, 0.2) is 5.76 Å². The van der Waals surface area contributed by atoms with E-state index in [1.807, 2.05) is 25.1 Å². The lowest BCUT2D eigenvalue weighted by molar-refractivity contribution is 0.101. The Hall–Kier alpha value is -1.64. The first-order valence-electron chi connectivity index (χ1n) is 4.08. The third kappa shape index (κ3) is 1.45. The van der Waals surface area contributed by atoms with E-state index in [0.717, 1.165) is 11.1 Å². The van der Waals surface area contributed by atoms with Gasteiger partial charge in [-0.25, -0.2) is 0 Å². The molecule has 1 aromatic rings. The minimum atomic E-state index is 0.280. The molecule has 0 atom stereocenters. The van der Waals surface area contributed by atoms with Gasteiger partial charge in [-0.2, -0.15) is 0 Å². The molecule has 0 radical (unpaired) electrons. The van der Waals surface area contributed by atoms with Crippen LogP contribution in [0.2, 0.25) is 0 Å². The average molecular weight is 177 g/mol. The number of anilines is 1. The standard InChI is InChI=1S/C10H11NO2/c1-7-2-3-9(11)8(4-7)10-5-12-6-13-10/h2-5H,6,11H2,1H3. The Kier molecular flexibility index (Phi) is 1.85. The molecule has 0 spiro atoms. The number of benzene rings is 1. The lowest BCUT2D eigenvalue weighted by atomic mass is 10.1. The monoisotopic (exact) mass is 177 g/mol. The van der Waals surface area contributed by atoms with Crippen molar-refractivity contribution in [3.8, 4) is 0 Å². The van der Waals surface area contributed by atoms with Crippen molar-refractivity contribution in [3.63, 3.8) is 0 Å². The van der Waals surface area contributed by atoms with E-state index >= 15 is 0 Å². The SMILES string of the molecule is Cc1ccc(N)c(C2=COCO2)c1. The minimum absolute atomic E-state index is 0.280. The molecule has 0 saturated carbocycles. The molecule has 0 aromatic heterocycles. The summed E-state index contributed by atoms with van der Waals surface area (Å²) in [6.07, 6.45) is 1.59. The average Bonchev–Trinajstić information content (AvgIpc) is 2.61. The van der Waals surface area contributed by atoms with E-state index in [9.17, 15) is 0 Å². The van der Waals surface area contributed by atoms with Crippen LogP contribution in [0.25, 0.3) is 5.76 Å². The molecule has 0 aliphatic carbocycles. The van der Waals surface area contributed by atoms with Crippen molar-refractivity contribution in [3.05, 3.63) is 35.6 Å². The zero-order valence-corrected chi connectivity index (χ0v) is 7.41. The van der Waals surface area contributed by atoms with Gasteiger partial charge < -0.3 is 15.2 Å². The summed E-state index contributed by atoms with van der Waals surface area (Å²) in [5, 5.41) is 0. The molecule has 0 unspecified atom stereocenters. The zero-order chi connectivity index (χ0) is 9.26. The highest BCUT2D eigenvalue weighted by molar-refractivity contribution is 5.71. The van der Waals surface area contributed by atoms with E-state index in [2.05, 4.69) is 0 Å². The number of aryl methyl sites for hydroxylation is 1. The van der Waals surface area contributed by atoms with Crippen LogP contribution in [-0.2, 0) is 9.47 Å². The summed E-state index contributed by atoms with van der Waals surface area (Å²) in [5.41, 5.74) is 8.56. The molecular weight excluding hydrogens is 166 g/mol. The van der Waals surface area contributed by atoms with Gasteiger partial charge in [0, 0.05) is 11.3 Å². The summed E-state index contributed by atoms with van der Waals surface area (Å²) in [6, 6.07) is 5.82. The van der Waals surface area contributed by atoms with Crippen molar-refractivity contribution in [1.82, 2.24) is 0 Å². The van der Waals surface area contributed by atoms with Gasteiger partial charge >= 0.3 is 0 Å². The van der Waals surface area contributed by atoms with E-state index in [4.69, 9.17) is 15.2 Å². The molecule has 3 nitrogen and oxygen atoms in total. The molecule has 0 bridgehead atoms. The van der Waals surface area contributed by atoms with Crippen LogP contribution in [0.1, 0.15) is 11.1 Å². The summed E-state index contributed by atoms with van der Waals surface area (Å²) in [6.45, 7) is 2.29. The van der Waals surface area contributed by atoms with Gasteiger partial charge in [0.05, 0.1) is 0 Å². The maximum Gasteiger partial charge on any atom is 0.230 e. The topological polar surface area (TPSA) is 44.5 Å². The van der Waals surface area contributed by atoms with Crippen molar-refractivity contribution < 1.29 is 9.47 Å². The fraction of sp³-hybridized carbons (Fsp3) is 0.200. The highest BCUT2D eigenvalue weighted by atomic mass is 16.7. The Morgan fingerprint density at radius 3 is 2.92 bits per heavy atom. The summed E-state index contributed by atoms with van der Waals surface area (Å²) in [4.78, 5) is 0. The highest BCUT2D eigenvalue weighted by Crippen LogP contribution is 2.26. The quantitative estimate of drug-likeness (QED) is 0.666. The zero-order valence-electron chi connectivity index (χ0n) is 7.41. The third-order valence-corrected chi connectivity index (χ3v) is 1.95. The van der Waals surface area contributed by atoms with E-state index < -0.39 is 0 Å². The molecule has 0 amide bonds. The molecule has 0 fully saturated rings. The Morgan fingerprint density at radius 2 is 2.23 bits per heavy atom. The van der Waals surface area contributed by atoms with E-state index in [1.54, 1.807) is 6.26 Å². The van der Waals surface area contributed by atoms with Crippen molar-refractivity contribution in [2.45, 2.75) is 6.92 Å². The summed E-state index contributed by atoms with van der Waals surface area (Å²) >= 11 is 0. The van der Waals surface area contributed by atoms with Gasteiger partial charge in [0.2, 0.25) is 6.79 Å². The van der Waals surface area contributed by atoms with Crippen LogP contribution in [0.4, 0.5) is 5.69 Å².